The Morgan fingerprint density at radius 2 is 1.90 bits per heavy atom. The maximum atomic E-state index is 6.29. The molecule has 1 heterocycles. The predicted molar refractivity (Wildman–Crippen MR) is 82.3 cm³/mol. The minimum Gasteiger partial charge on any atom is -0.497 e. The molecule has 1 saturated carbocycles. The SMILES string of the molecule is COc1ccc(OC)c(-c2nc(C3CC3)nc(Cl)c2C)c1. The summed E-state index contributed by atoms with van der Waals surface area (Å²) in [6, 6.07) is 5.66. The molecule has 0 radical (unpaired) electrons. The van der Waals surface area contributed by atoms with Gasteiger partial charge in [-0.1, -0.05) is 11.6 Å². The van der Waals surface area contributed by atoms with Gasteiger partial charge in [-0.3, -0.25) is 0 Å². The maximum absolute atomic E-state index is 6.29. The summed E-state index contributed by atoms with van der Waals surface area (Å²) in [7, 11) is 3.28. The van der Waals surface area contributed by atoms with Crippen molar-refractivity contribution in [2.75, 3.05) is 14.2 Å². The third kappa shape index (κ3) is 2.68. The summed E-state index contributed by atoms with van der Waals surface area (Å²) in [5.41, 5.74) is 2.54. The van der Waals surface area contributed by atoms with E-state index in [4.69, 9.17) is 26.1 Å². The van der Waals surface area contributed by atoms with Crippen LogP contribution in [0.5, 0.6) is 11.5 Å². The molecule has 0 saturated heterocycles. The van der Waals surface area contributed by atoms with Crippen molar-refractivity contribution in [1.82, 2.24) is 9.97 Å². The zero-order valence-corrected chi connectivity index (χ0v) is 13.1. The van der Waals surface area contributed by atoms with Crippen LogP contribution in [0.15, 0.2) is 18.2 Å². The van der Waals surface area contributed by atoms with Gasteiger partial charge in [-0.15, -0.1) is 0 Å². The average Bonchev–Trinajstić information content (AvgIpc) is 3.34. The molecular formula is C16H17ClN2O2. The maximum Gasteiger partial charge on any atom is 0.136 e. The van der Waals surface area contributed by atoms with Gasteiger partial charge in [-0.2, -0.15) is 0 Å². The van der Waals surface area contributed by atoms with Crippen LogP contribution in [0.4, 0.5) is 0 Å². The van der Waals surface area contributed by atoms with Crippen molar-refractivity contribution in [3.8, 4) is 22.8 Å². The molecule has 0 spiro atoms. The minimum absolute atomic E-state index is 0.443. The lowest BCUT2D eigenvalue weighted by atomic mass is 10.1. The number of nitrogens with zero attached hydrogens (tertiary/aromatic N) is 2. The van der Waals surface area contributed by atoms with Crippen molar-refractivity contribution in [3.63, 3.8) is 0 Å². The van der Waals surface area contributed by atoms with Gasteiger partial charge < -0.3 is 9.47 Å². The van der Waals surface area contributed by atoms with Crippen molar-refractivity contribution in [2.24, 2.45) is 0 Å². The van der Waals surface area contributed by atoms with E-state index in [-0.39, 0.29) is 0 Å². The van der Waals surface area contributed by atoms with Gasteiger partial charge in [0.2, 0.25) is 0 Å². The van der Waals surface area contributed by atoms with Crippen LogP contribution in [0.3, 0.4) is 0 Å². The Kier molecular flexibility index (Phi) is 3.72. The molecule has 4 nitrogen and oxygen atoms in total. The fourth-order valence-electron chi connectivity index (χ4n) is 2.29. The van der Waals surface area contributed by atoms with Gasteiger partial charge >= 0.3 is 0 Å². The fourth-order valence-corrected chi connectivity index (χ4v) is 2.47. The molecule has 0 amide bonds. The van der Waals surface area contributed by atoms with Gasteiger partial charge in [0.05, 0.1) is 19.9 Å². The van der Waals surface area contributed by atoms with Crippen LogP contribution in [0.2, 0.25) is 5.15 Å². The first-order chi connectivity index (χ1) is 10.1. The van der Waals surface area contributed by atoms with E-state index in [1.807, 2.05) is 25.1 Å². The van der Waals surface area contributed by atoms with Crippen LogP contribution >= 0.6 is 11.6 Å². The van der Waals surface area contributed by atoms with Crippen LogP contribution in [0, 0.1) is 6.92 Å². The van der Waals surface area contributed by atoms with Gasteiger partial charge in [0.25, 0.3) is 0 Å². The third-order valence-electron chi connectivity index (χ3n) is 3.71. The van der Waals surface area contributed by atoms with E-state index in [9.17, 15) is 0 Å². The minimum atomic E-state index is 0.443. The van der Waals surface area contributed by atoms with Gasteiger partial charge in [0, 0.05) is 17.0 Å². The number of rotatable bonds is 4. The normalized spacial score (nSPS) is 14.1. The molecule has 1 aromatic carbocycles. The molecule has 0 unspecified atom stereocenters. The van der Waals surface area contributed by atoms with Crippen molar-refractivity contribution in [3.05, 3.63) is 34.7 Å². The zero-order chi connectivity index (χ0) is 15.0. The fraction of sp³-hybridized carbons (Fsp3) is 0.375. The topological polar surface area (TPSA) is 44.2 Å². The van der Waals surface area contributed by atoms with Gasteiger partial charge in [-0.05, 0) is 38.0 Å². The van der Waals surface area contributed by atoms with E-state index in [2.05, 4.69) is 4.98 Å². The Morgan fingerprint density at radius 3 is 2.52 bits per heavy atom. The number of hydrogen-bond acceptors (Lipinski definition) is 4. The Morgan fingerprint density at radius 1 is 1.14 bits per heavy atom. The molecular weight excluding hydrogens is 288 g/mol. The predicted octanol–water partition coefficient (Wildman–Crippen LogP) is 4.00. The molecule has 21 heavy (non-hydrogen) atoms. The van der Waals surface area contributed by atoms with E-state index in [1.54, 1.807) is 14.2 Å². The molecule has 1 aromatic heterocycles. The van der Waals surface area contributed by atoms with Crippen molar-refractivity contribution < 1.29 is 9.47 Å². The molecule has 1 fully saturated rings. The second kappa shape index (κ2) is 5.53. The molecule has 0 atom stereocenters. The number of halogens is 1. The smallest absolute Gasteiger partial charge is 0.136 e. The first-order valence-electron chi connectivity index (χ1n) is 6.90. The second-order valence-electron chi connectivity index (χ2n) is 5.19. The molecule has 2 aromatic rings. The van der Waals surface area contributed by atoms with Crippen LogP contribution in [0.1, 0.15) is 30.1 Å². The molecule has 0 N–H and O–H groups in total. The third-order valence-corrected chi connectivity index (χ3v) is 4.08. The average molecular weight is 305 g/mol. The lowest BCUT2D eigenvalue weighted by Gasteiger charge is -2.13. The lowest BCUT2D eigenvalue weighted by Crippen LogP contribution is -2.01. The van der Waals surface area contributed by atoms with Crippen LogP contribution in [-0.2, 0) is 0 Å². The zero-order valence-electron chi connectivity index (χ0n) is 12.3. The summed E-state index contributed by atoms with van der Waals surface area (Å²) in [6.45, 7) is 1.92. The molecule has 1 aliphatic carbocycles. The number of ether oxygens (including phenoxy) is 2. The number of hydrogen-bond donors (Lipinski definition) is 0. The standard InChI is InChI=1S/C16H17ClN2O2/c1-9-14(18-16(10-4-5-10)19-15(9)17)12-8-11(20-2)6-7-13(12)21-3/h6-8,10H,4-5H2,1-3H3. The van der Waals surface area contributed by atoms with Gasteiger partial charge in [0.1, 0.15) is 22.5 Å². The molecule has 110 valence electrons. The van der Waals surface area contributed by atoms with E-state index in [0.29, 0.717) is 11.1 Å². The van der Waals surface area contributed by atoms with Crippen molar-refractivity contribution >= 4 is 11.6 Å². The van der Waals surface area contributed by atoms with E-state index in [0.717, 1.165) is 47.0 Å². The summed E-state index contributed by atoms with van der Waals surface area (Å²) >= 11 is 6.29. The van der Waals surface area contributed by atoms with Gasteiger partial charge in [-0.25, -0.2) is 9.97 Å². The number of benzene rings is 1. The Bertz CT molecular complexity index is 684. The van der Waals surface area contributed by atoms with Crippen molar-refractivity contribution in [1.29, 1.82) is 0 Å². The van der Waals surface area contributed by atoms with Crippen LogP contribution in [0.25, 0.3) is 11.3 Å². The van der Waals surface area contributed by atoms with E-state index < -0.39 is 0 Å². The number of aromatic nitrogens is 2. The van der Waals surface area contributed by atoms with Gasteiger partial charge in [0.15, 0.2) is 0 Å². The summed E-state index contributed by atoms with van der Waals surface area (Å²) in [6.07, 6.45) is 2.27. The second-order valence-corrected chi connectivity index (χ2v) is 5.54. The summed E-state index contributed by atoms with van der Waals surface area (Å²) in [5, 5.41) is 0.506. The summed E-state index contributed by atoms with van der Waals surface area (Å²) in [4.78, 5) is 9.12. The largest absolute Gasteiger partial charge is 0.497 e. The monoisotopic (exact) mass is 304 g/mol. The van der Waals surface area contributed by atoms with E-state index in [1.165, 1.54) is 0 Å². The summed E-state index contributed by atoms with van der Waals surface area (Å²) < 4.78 is 10.8. The highest BCUT2D eigenvalue weighted by molar-refractivity contribution is 6.30. The molecule has 5 heteroatoms. The molecule has 1 aliphatic rings. The van der Waals surface area contributed by atoms with E-state index >= 15 is 0 Å². The molecule has 0 aliphatic heterocycles. The Balaban J connectivity index is 2.18. The highest BCUT2D eigenvalue weighted by Crippen LogP contribution is 2.41. The lowest BCUT2D eigenvalue weighted by molar-refractivity contribution is 0.404. The first-order valence-corrected chi connectivity index (χ1v) is 7.28. The number of methoxy groups -OCH3 is 2. The Hall–Kier alpha value is -1.81. The Labute approximate surface area is 129 Å². The van der Waals surface area contributed by atoms with Crippen LogP contribution < -0.4 is 9.47 Å². The quantitative estimate of drug-likeness (QED) is 0.801. The molecule has 3 rings (SSSR count). The summed E-state index contributed by atoms with van der Waals surface area (Å²) in [5.74, 6) is 2.77. The van der Waals surface area contributed by atoms with Crippen LogP contribution in [-0.4, -0.2) is 24.2 Å². The highest BCUT2D eigenvalue weighted by Gasteiger charge is 2.28. The highest BCUT2D eigenvalue weighted by atomic mass is 35.5. The van der Waals surface area contributed by atoms with Crippen molar-refractivity contribution in [2.45, 2.75) is 25.7 Å². The molecule has 0 bridgehead atoms. The first kappa shape index (κ1) is 14.1.